The van der Waals surface area contributed by atoms with Gasteiger partial charge in [0.2, 0.25) is 0 Å². The van der Waals surface area contributed by atoms with E-state index in [0.717, 1.165) is 34.2 Å². The first kappa shape index (κ1) is 13.2. The van der Waals surface area contributed by atoms with Gasteiger partial charge in [0.25, 0.3) is 0 Å². The van der Waals surface area contributed by atoms with E-state index in [4.69, 9.17) is 16.7 Å². The molecule has 1 atom stereocenters. The van der Waals surface area contributed by atoms with Crippen molar-refractivity contribution in [3.05, 3.63) is 52.1 Å². The molecule has 2 aromatic rings. The van der Waals surface area contributed by atoms with Crippen LogP contribution in [-0.2, 0) is 24.1 Å². The zero-order valence-electron chi connectivity index (χ0n) is 10.9. The van der Waals surface area contributed by atoms with Crippen molar-refractivity contribution in [1.29, 1.82) is 0 Å². The number of aromatic nitrogens is 2. The van der Waals surface area contributed by atoms with E-state index in [1.165, 1.54) is 0 Å². The van der Waals surface area contributed by atoms with Crippen LogP contribution in [0.3, 0.4) is 0 Å². The molecule has 0 spiro atoms. The van der Waals surface area contributed by atoms with Crippen molar-refractivity contribution in [3.8, 4) is 0 Å². The summed E-state index contributed by atoms with van der Waals surface area (Å²) in [6.45, 7) is 0. The summed E-state index contributed by atoms with van der Waals surface area (Å²) in [6.07, 6.45) is 2.68. The van der Waals surface area contributed by atoms with E-state index in [-0.39, 0.29) is 5.92 Å². The zero-order valence-corrected chi connectivity index (χ0v) is 11.7. The van der Waals surface area contributed by atoms with Crippen molar-refractivity contribution in [2.24, 2.45) is 5.92 Å². The number of H-pyrrole nitrogens is 1. The number of imidazole rings is 1. The lowest BCUT2D eigenvalue weighted by molar-refractivity contribution is -0.142. The average Bonchev–Trinajstić information content (AvgIpc) is 2.82. The standard InChI is InChI=1S/C15H15ClN2O2/c16-11-4-1-9(2-5-11)7-14-17-12-6-3-10(15(19)20)8-13(12)18-14/h1-2,4-5,10H,3,6-8H2,(H,17,18)(H,19,20). The average molecular weight is 291 g/mol. The number of carboxylic acid groups (broad SMARTS) is 1. The van der Waals surface area contributed by atoms with Gasteiger partial charge in [-0.3, -0.25) is 4.79 Å². The molecule has 1 aliphatic rings. The van der Waals surface area contributed by atoms with E-state index in [1.54, 1.807) is 0 Å². The summed E-state index contributed by atoms with van der Waals surface area (Å²) >= 11 is 5.86. The van der Waals surface area contributed by atoms with Crippen LogP contribution in [0.5, 0.6) is 0 Å². The molecule has 1 aromatic heterocycles. The van der Waals surface area contributed by atoms with Crippen LogP contribution < -0.4 is 0 Å². The van der Waals surface area contributed by atoms with Gasteiger partial charge < -0.3 is 10.1 Å². The number of nitrogens with one attached hydrogen (secondary N) is 1. The molecule has 0 saturated heterocycles. The van der Waals surface area contributed by atoms with Gasteiger partial charge in [-0.2, -0.15) is 0 Å². The van der Waals surface area contributed by atoms with Crippen molar-refractivity contribution in [3.63, 3.8) is 0 Å². The summed E-state index contributed by atoms with van der Waals surface area (Å²) in [5.41, 5.74) is 3.13. The first-order valence-corrected chi connectivity index (χ1v) is 7.03. The van der Waals surface area contributed by atoms with Gasteiger partial charge in [0.1, 0.15) is 5.82 Å². The predicted molar refractivity (Wildman–Crippen MR) is 76.0 cm³/mol. The summed E-state index contributed by atoms with van der Waals surface area (Å²) in [6, 6.07) is 7.67. The minimum atomic E-state index is -0.718. The molecule has 104 valence electrons. The number of aryl methyl sites for hydroxylation is 1. The zero-order chi connectivity index (χ0) is 14.1. The van der Waals surface area contributed by atoms with Crippen LogP contribution in [0.1, 0.15) is 29.2 Å². The Morgan fingerprint density at radius 2 is 2.15 bits per heavy atom. The van der Waals surface area contributed by atoms with Crippen molar-refractivity contribution in [2.75, 3.05) is 0 Å². The highest BCUT2D eigenvalue weighted by Crippen LogP contribution is 2.24. The van der Waals surface area contributed by atoms with Crippen molar-refractivity contribution >= 4 is 17.6 Å². The molecule has 0 fully saturated rings. The Kier molecular flexibility index (Phi) is 3.49. The number of rotatable bonds is 3. The molecular formula is C15H15ClN2O2. The lowest BCUT2D eigenvalue weighted by Crippen LogP contribution is -2.22. The molecule has 0 radical (unpaired) electrons. The third-order valence-corrected chi connectivity index (χ3v) is 3.98. The molecule has 4 nitrogen and oxygen atoms in total. The first-order chi connectivity index (χ1) is 9.61. The van der Waals surface area contributed by atoms with E-state index in [1.807, 2.05) is 24.3 Å². The fourth-order valence-electron chi connectivity index (χ4n) is 2.63. The molecule has 0 amide bonds. The Morgan fingerprint density at radius 3 is 2.85 bits per heavy atom. The Labute approximate surface area is 121 Å². The van der Waals surface area contributed by atoms with E-state index >= 15 is 0 Å². The van der Waals surface area contributed by atoms with Gasteiger partial charge in [-0.25, -0.2) is 4.98 Å². The van der Waals surface area contributed by atoms with Crippen LogP contribution in [0.4, 0.5) is 0 Å². The van der Waals surface area contributed by atoms with Crippen LogP contribution in [0.2, 0.25) is 5.02 Å². The molecular weight excluding hydrogens is 276 g/mol. The summed E-state index contributed by atoms with van der Waals surface area (Å²) in [4.78, 5) is 18.9. The van der Waals surface area contributed by atoms with Crippen LogP contribution >= 0.6 is 11.6 Å². The quantitative estimate of drug-likeness (QED) is 0.913. The number of aromatic amines is 1. The summed E-state index contributed by atoms with van der Waals surface area (Å²) < 4.78 is 0. The number of carboxylic acids is 1. The number of nitrogens with zero attached hydrogens (tertiary/aromatic N) is 1. The highest BCUT2D eigenvalue weighted by atomic mass is 35.5. The molecule has 0 saturated carbocycles. The van der Waals surface area contributed by atoms with Gasteiger partial charge in [-0.15, -0.1) is 0 Å². The molecule has 0 bridgehead atoms. The fraction of sp³-hybridized carbons (Fsp3) is 0.333. The Bertz CT molecular complexity index is 634. The Balaban J connectivity index is 1.77. The Hall–Kier alpha value is -1.81. The maximum absolute atomic E-state index is 11.0. The molecule has 1 unspecified atom stereocenters. The van der Waals surface area contributed by atoms with Crippen molar-refractivity contribution < 1.29 is 9.90 Å². The molecule has 20 heavy (non-hydrogen) atoms. The van der Waals surface area contributed by atoms with Gasteiger partial charge in [0.15, 0.2) is 0 Å². The highest BCUT2D eigenvalue weighted by Gasteiger charge is 2.26. The van der Waals surface area contributed by atoms with E-state index in [0.29, 0.717) is 19.3 Å². The number of halogens is 1. The predicted octanol–water partition coefficient (Wildman–Crippen LogP) is 2.84. The lowest BCUT2D eigenvalue weighted by Gasteiger charge is -2.16. The summed E-state index contributed by atoms with van der Waals surface area (Å²) in [5.74, 6) is -0.112. The topological polar surface area (TPSA) is 66.0 Å². The molecule has 0 aliphatic heterocycles. The SMILES string of the molecule is O=C(O)C1CCc2nc(Cc3ccc(Cl)cc3)[nH]c2C1. The Morgan fingerprint density at radius 1 is 1.40 bits per heavy atom. The number of carbonyl (C=O) groups is 1. The number of aliphatic carboxylic acids is 1. The second-order valence-corrected chi connectivity index (χ2v) is 5.63. The smallest absolute Gasteiger partial charge is 0.306 e. The minimum absolute atomic E-state index is 0.286. The molecule has 3 rings (SSSR count). The molecule has 2 N–H and O–H groups in total. The highest BCUT2D eigenvalue weighted by molar-refractivity contribution is 6.30. The van der Waals surface area contributed by atoms with Gasteiger partial charge in [0, 0.05) is 23.6 Å². The third-order valence-electron chi connectivity index (χ3n) is 3.73. The third kappa shape index (κ3) is 2.70. The van der Waals surface area contributed by atoms with E-state index in [9.17, 15) is 4.79 Å². The second-order valence-electron chi connectivity index (χ2n) is 5.19. The van der Waals surface area contributed by atoms with Gasteiger partial charge in [-0.1, -0.05) is 23.7 Å². The van der Waals surface area contributed by atoms with Crippen LogP contribution in [0.15, 0.2) is 24.3 Å². The van der Waals surface area contributed by atoms with Gasteiger partial charge in [-0.05, 0) is 30.5 Å². The number of hydrogen-bond donors (Lipinski definition) is 2. The van der Waals surface area contributed by atoms with Crippen molar-refractivity contribution in [2.45, 2.75) is 25.7 Å². The molecule has 5 heteroatoms. The maximum atomic E-state index is 11.0. The summed E-state index contributed by atoms with van der Waals surface area (Å²) in [7, 11) is 0. The molecule has 1 aromatic carbocycles. The minimum Gasteiger partial charge on any atom is -0.481 e. The lowest BCUT2D eigenvalue weighted by atomic mass is 9.90. The number of fused-ring (bicyclic) bond motifs is 1. The fourth-order valence-corrected chi connectivity index (χ4v) is 2.76. The maximum Gasteiger partial charge on any atom is 0.306 e. The normalized spacial score (nSPS) is 17.8. The van der Waals surface area contributed by atoms with E-state index in [2.05, 4.69) is 9.97 Å². The number of benzene rings is 1. The molecule has 1 aliphatic carbocycles. The second kappa shape index (κ2) is 5.29. The molecule has 1 heterocycles. The number of hydrogen-bond acceptors (Lipinski definition) is 2. The summed E-state index contributed by atoms with van der Waals surface area (Å²) in [5, 5.41) is 9.80. The van der Waals surface area contributed by atoms with Gasteiger partial charge >= 0.3 is 5.97 Å². The van der Waals surface area contributed by atoms with Crippen LogP contribution in [0, 0.1) is 5.92 Å². The van der Waals surface area contributed by atoms with Crippen LogP contribution in [-0.4, -0.2) is 21.0 Å². The van der Waals surface area contributed by atoms with Crippen LogP contribution in [0.25, 0.3) is 0 Å². The van der Waals surface area contributed by atoms with E-state index < -0.39 is 5.97 Å². The van der Waals surface area contributed by atoms with Gasteiger partial charge in [0.05, 0.1) is 11.6 Å². The van der Waals surface area contributed by atoms with Crippen molar-refractivity contribution in [1.82, 2.24) is 9.97 Å². The monoisotopic (exact) mass is 290 g/mol. The largest absolute Gasteiger partial charge is 0.481 e. The first-order valence-electron chi connectivity index (χ1n) is 6.65.